The predicted molar refractivity (Wildman–Crippen MR) is 92.5 cm³/mol. The Labute approximate surface area is 149 Å². The molecule has 1 aromatic carbocycles. The molecule has 0 amide bonds. The predicted octanol–water partition coefficient (Wildman–Crippen LogP) is 3.08. The lowest BCUT2D eigenvalue weighted by molar-refractivity contribution is -0.231. The summed E-state index contributed by atoms with van der Waals surface area (Å²) in [4.78, 5) is 18.7. The Morgan fingerprint density at radius 1 is 1.24 bits per heavy atom. The fourth-order valence-corrected chi connectivity index (χ4v) is 5.03. The van der Waals surface area contributed by atoms with Crippen LogP contribution >= 0.6 is 0 Å². The molecule has 0 unspecified atom stereocenters. The van der Waals surface area contributed by atoms with Crippen LogP contribution in [0.1, 0.15) is 44.1 Å². The quantitative estimate of drug-likeness (QED) is 0.768. The number of nitrogens with zero attached hydrogens (tertiary/aromatic N) is 1. The average molecular weight is 345 g/mol. The molecule has 5 heteroatoms. The zero-order valence-corrected chi connectivity index (χ0v) is 14.9. The summed E-state index contributed by atoms with van der Waals surface area (Å²) in [6.45, 7) is 1.25. The van der Waals surface area contributed by atoms with E-state index in [4.69, 9.17) is 14.3 Å². The molecule has 4 rings (SSSR count). The molecule has 2 heterocycles. The van der Waals surface area contributed by atoms with E-state index in [9.17, 15) is 4.79 Å². The molecule has 2 saturated heterocycles. The number of hydroxylamine groups is 2. The molecular formula is C20H27NO4. The number of methoxy groups -OCH3 is 1. The van der Waals surface area contributed by atoms with E-state index in [2.05, 4.69) is 17.2 Å². The third-order valence-corrected chi connectivity index (χ3v) is 6.09. The largest absolute Gasteiger partial charge is 0.469 e. The number of hydrogen-bond donors (Lipinski definition) is 0. The summed E-state index contributed by atoms with van der Waals surface area (Å²) < 4.78 is 11.1. The van der Waals surface area contributed by atoms with Gasteiger partial charge in [-0.2, -0.15) is 5.06 Å². The Hall–Kier alpha value is -1.43. The Morgan fingerprint density at radius 3 is 2.76 bits per heavy atom. The highest BCUT2D eigenvalue weighted by Crippen LogP contribution is 2.53. The van der Waals surface area contributed by atoms with Crippen LogP contribution in [0.15, 0.2) is 30.3 Å². The van der Waals surface area contributed by atoms with Gasteiger partial charge in [0.05, 0.1) is 38.0 Å². The third kappa shape index (κ3) is 2.98. The first-order chi connectivity index (χ1) is 12.2. The van der Waals surface area contributed by atoms with Crippen LogP contribution in [0.3, 0.4) is 0 Å². The van der Waals surface area contributed by atoms with Crippen molar-refractivity contribution in [1.82, 2.24) is 5.06 Å². The van der Waals surface area contributed by atoms with E-state index in [1.807, 2.05) is 18.2 Å². The third-order valence-electron chi connectivity index (χ3n) is 6.09. The summed E-state index contributed by atoms with van der Waals surface area (Å²) in [6, 6.07) is 10.4. The number of fused-ring (bicyclic) bond motifs is 1. The molecule has 1 aliphatic carbocycles. The van der Waals surface area contributed by atoms with Crippen molar-refractivity contribution in [3.63, 3.8) is 0 Å². The number of piperidine rings is 1. The van der Waals surface area contributed by atoms with Crippen LogP contribution in [-0.2, 0) is 25.7 Å². The minimum absolute atomic E-state index is 0.0316. The van der Waals surface area contributed by atoms with Gasteiger partial charge >= 0.3 is 5.97 Å². The second-order valence-electron chi connectivity index (χ2n) is 7.51. The summed E-state index contributed by atoms with van der Waals surface area (Å²) >= 11 is 0. The van der Waals surface area contributed by atoms with Crippen molar-refractivity contribution in [2.24, 2.45) is 5.92 Å². The van der Waals surface area contributed by atoms with Crippen molar-refractivity contribution in [1.29, 1.82) is 0 Å². The van der Waals surface area contributed by atoms with Crippen LogP contribution in [0.5, 0.6) is 0 Å². The highest BCUT2D eigenvalue weighted by atomic mass is 16.7. The van der Waals surface area contributed by atoms with Gasteiger partial charge in [0.25, 0.3) is 0 Å². The summed E-state index contributed by atoms with van der Waals surface area (Å²) in [5.41, 5.74) is 0.997. The van der Waals surface area contributed by atoms with Gasteiger partial charge in [-0.05, 0) is 44.1 Å². The van der Waals surface area contributed by atoms with Gasteiger partial charge in [-0.25, -0.2) is 0 Å². The number of carbonyl (C=O) groups excluding carboxylic acids is 1. The molecule has 25 heavy (non-hydrogen) atoms. The summed E-state index contributed by atoms with van der Waals surface area (Å²) in [7, 11) is 1.49. The van der Waals surface area contributed by atoms with Crippen molar-refractivity contribution >= 4 is 5.97 Å². The van der Waals surface area contributed by atoms with Gasteiger partial charge in [-0.3, -0.25) is 9.63 Å². The fourth-order valence-electron chi connectivity index (χ4n) is 5.03. The SMILES string of the molecule is COC(=O)[C@@H]1[C@@H]2CCC[C@]13CCC[C@@H](COCc1ccccc1)N3O2. The number of benzene rings is 1. The van der Waals surface area contributed by atoms with Gasteiger partial charge in [-0.1, -0.05) is 30.3 Å². The standard InChI is InChI=1S/C20H27NO4/c1-23-19(22)18-17-10-6-12-20(18)11-5-9-16(21(20)25-17)14-24-13-15-7-3-2-4-8-15/h2-4,7-8,16-18H,5-6,9-14H2,1H3/t16-,17-,18-,20+/m0/s1. The van der Waals surface area contributed by atoms with E-state index < -0.39 is 0 Å². The Bertz CT molecular complexity index is 603. The molecule has 2 aliphatic heterocycles. The van der Waals surface area contributed by atoms with Crippen LogP contribution < -0.4 is 0 Å². The lowest BCUT2D eigenvalue weighted by Gasteiger charge is -2.47. The van der Waals surface area contributed by atoms with Crippen molar-refractivity contribution in [2.75, 3.05) is 13.7 Å². The van der Waals surface area contributed by atoms with Crippen LogP contribution in [0.2, 0.25) is 0 Å². The average Bonchev–Trinajstić information content (AvgIpc) is 2.84. The molecule has 1 spiro atoms. The van der Waals surface area contributed by atoms with Crippen LogP contribution in [0.4, 0.5) is 0 Å². The van der Waals surface area contributed by atoms with E-state index in [0.717, 1.165) is 38.5 Å². The van der Waals surface area contributed by atoms with Crippen molar-refractivity contribution in [3.05, 3.63) is 35.9 Å². The fraction of sp³-hybridized carbons (Fsp3) is 0.650. The Morgan fingerprint density at radius 2 is 2.00 bits per heavy atom. The van der Waals surface area contributed by atoms with Crippen LogP contribution in [-0.4, -0.2) is 42.4 Å². The maximum Gasteiger partial charge on any atom is 0.313 e. The lowest BCUT2D eigenvalue weighted by Crippen LogP contribution is -2.58. The van der Waals surface area contributed by atoms with Crippen molar-refractivity contribution < 1.29 is 19.1 Å². The highest BCUT2D eigenvalue weighted by molar-refractivity contribution is 5.75. The van der Waals surface area contributed by atoms with Crippen LogP contribution in [0, 0.1) is 5.92 Å². The maximum atomic E-state index is 12.4. The second-order valence-corrected chi connectivity index (χ2v) is 7.51. The first-order valence-electron chi connectivity index (χ1n) is 9.40. The molecule has 1 aromatic rings. The molecule has 2 bridgehead atoms. The zero-order chi connectivity index (χ0) is 17.3. The molecular weight excluding hydrogens is 318 g/mol. The smallest absolute Gasteiger partial charge is 0.313 e. The monoisotopic (exact) mass is 345 g/mol. The van der Waals surface area contributed by atoms with E-state index >= 15 is 0 Å². The second kappa shape index (κ2) is 7.06. The summed E-state index contributed by atoms with van der Waals surface area (Å²) in [6.07, 6.45) is 6.21. The minimum Gasteiger partial charge on any atom is -0.469 e. The lowest BCUT2D eigenvalue weighted by atomic mass is 9.67. The Balaban J connectivity index is 1.45. The molecule has 0 N–H and O–H groups in total. The van der Waals surface area contributed by atoms with E-state index in [1.54, 1.807) is 0 Å². The molecule has 3 fully saturated rings. The van der Waals surface area contributed by atoms with Gasteiger partial charge in [0.1, 0.15) is 5.92 Å². The number of ether oxygens (including phenoxy) is 2. The molecule has 4 atom stereocenters. The van der Waals surface area contributed by atoms with Crippen molar-refractivity contribution in [3.8, 4) is 0 Å². The number of esters is 1. The Kier molecular flexibility index (Phi) is 4.80. The van der Waals surface area contributed by atoms with Gasteiger partial charge < -0.3 is 9.47 Å². The minimum atomic E-state index is -0.185. The van der Waals surface area contributed by atoms with Crippen LogP contribution in [0.25, 0.3) is 0 Å². The van der Waals surface area contributed by atoms with E-state index in [1.165, 1.54) is 12.7 Å². The molecule has 1 saturated carbocycles. The maximum absolute atomic E-state index is 12.4. The molecule has 0 radical (unpaired) electrons. The van der Waals surface area contributed by atoms with Gasteiger partial charge in [0.2, 0.25) is 0 Å². The topological polar surface area (TPSA) is 48.0 Å². The summed E-state index contributed by atoms with van der Waals surface area (Å²) in [5.74, 6) is -0.263. The van der Waals surface area contributed by atoms with Gasteiger partial charge in [-0.15, -0.1) is 0 Å². The summed E-state index contributed by atoms with van der Waals surface area (Å²) in [5, 5.41) is 2.14. The first-order valence-corrected chi connectivity index (χ1v) is 9.40. The van der Waals surface area contributed by atoms with E-state index in [-0.39, 0.29) is 29.6 Å². The zero-order valence-electron chi connectivity index (χ0n) is 14.9. The number of rotatable bonds is 5. The van der Waals surface area contributed by atoms with E-state index in [0.29, 0.717) is 13.2 Å². The number of carbonyl (C=O) groups is 1. The first kappa shape index (κ1) is 17.0. The number of hydrogen-bond acceptors (Lipinski definition) is 5. The molecule has 3 aliphatic rings. The van der Waals surface area contributed by atoms with Crippen molar-refractivity contribution in [2.45, 2.75) is 62.8 Å². The van der Waals surface area contributed by atoms with Gasteiger partial charge in [0, 0.05) is 0 Å². The molecule has 5 nitrogen and oxygen atoms in total. The van der Waals surface area contributed by atoms with Gasteiger partial charge in [0.15, 0.2) is 0 Å². The highest BCUT2D eigenvalue weighted by Gasteiger charge is 2.63. The molecule has 136 valence electrons. The normalized spacial score (nSPS) is 34.5. The molecule has 0 aromatic heterocycles.